The van der Waals surface area contributed by atoms with E-state index < -0.39 is 5.97 Å². The number of amides is 1. The molecule has 0 atom stereocenters. The molecule has 0 saturated heterocycles. The van der Waals surface area contributed by atoms with Crippen molar-refractivity contribution in [3.05, 3.63) is 50.6 Å². The Bertz CT molecular complexity index is 640. The Hall–Kier alpha value is -1.66. The zero-order valence-corrected chi connectivity index (χ0v) is 13.8. The molecule has 1 amide bonds. The number of anilines is 1. The normalized spacial score (nSPS) is 10.2. The largest absolute Gasteiger partial charge is 0.451 e. The molecule has 2 rings (SSSR count). The van der Waals surface area contributed by atoms with Gasteiger partial charge in [-0.25, -0.2) is 4.79 Å². The van der Waals surface area contributed by atoms with Gasteiger partial charge in [-0.1, -0.05) is 28.9 Å². The third-order valence-electron chi connectivity index (χ3n) is 2.78. The molecular formula is C15H14BrNO3S. The van der Waals surface area contributed by atoms with Crippen LogP contribution in [0.3, 0.4) is 0 Å². The van der Waals surface area contributed by atoms with Crippen molar-refractivity contribution in [2.24, 2.45) is 0 Å². The number of nitrogens with one attached hydrogen (secondary N) is 1. The molecule has 0 bridgehead atoms. The summed E-state index contributed by atoms with van der Waals surface area (Å²) in [5.41, 5.74) is 1.75. The maximum atomic E-state index is 11.8. The van der Waals surface area contributed by atoms with E-state index in [1.54, 1.807) is 17.5 Å². The van der Waals surface area contributed by atoms with Crippen LogP contribution in [0.25, 0.3) is 0 Å². The van der Waals surface area contributed by atoms with Gasteiger partial charge >= 0.3 is 5.97 Å². The number of ether oxygens (including phenoxy) is 1. The summed E-state index contributed by atoms with van der Waals surface area (Å²) in [6, 6.07) is 9.05. The van der Waals surface area contributed by atoms with Crippen LogP contribution in [0.2, 0.25) is 0 Å². The van der Waals surface area contributed by atoms with Crippen molar-refractivity contribution in [2.45, 2.75) is 13.3 Å². The third-order valence-corrected chi connectivity index (χ3v) is 4.12. The first-order valence-corrected chi connectivity index (χ1v) is 8.06. The minimum atomic E-state index is -0.480. The number of hydrogen-bond acceptors (Lipinski definition) is 4. The maximum absolute atomic E-state index is 11.8. The van der Waals surface area contributed by atoms with Crippen LogP contribution in [-0.4, -0.2) is 18.5 Å². The molecule has 0 fully saturated rings. The first kappa shape index (κ1) is 15.7. The topological polar surface area (TPSA) is 55.4 Å². The van der Waals surface area contributed by atoms with Crippen molar-refractivity contribution in [1.29, 1.82) is 0 Å². The van der Waals surface area contributed by atoms with E-state index in [1.807, 2.05) is 25.1 Å². The Morgan fingerprint density at radius 2 is 2.14 bits per heavy atom. The molecule has 1 N–H and O–H groups in total. The minimum absolute atomic E-state index is 0.296. The highest BCUT2D eigenvalue weighted by Crippen LogP contribution is 2.21. The number of hydrogen-bond donors (Lipinski definition) is 1. The van der Waals surface area contributed by atoms with E-state index in [0.717, 1.165) is 22.1 Å². The van der Waals surface area contributed by atoms with Crippen molar-refractivity contribution in [3.8, 4) is 0 Å². The predicted molar refractivity (Wildman–Crippen MR) is 86.8 cm³/mol. The fourth-order valence-corrected chi connectivity index (χ4v) is 2.78. The number of aryl methyl sites for hydroxylation is 1. The lowest BCUT2D eigenvalue weighted by Crippen LogP contribution is -2.21. The lowest BCUT2D eigenvalue weighted by Gasteiger charge is -2.10. The molecule has 0 spiro atoms. The fraction of sp³-hybridized carbons (Fsp3) is 0.200. The van der Waals surface area contributed by atoms with Crippen LogP contribution in [0.15, 0.2) is 40.2 Å². The van der Waals surface area contributed by atoms with E-state index >= 15 is 0 Å². The average molecular weight is 368 g/mol. The van der Waals surface area contributed by atoms with E-state index in [4.69, 9.17) is 4.74 Å². The quantitative estimate of drug-likeness (QED) is 0.816. The molecule has 4 nitrogen and oxygen atoms in total. The molecule has 1 heterocycles. The minimum Gasteiger partial charge on any atom is -0.451 e. The Kier molecular flexibility index (Phi) is 5.52. The Labute approximate surface area is 135 Å². The van der Waals surface area contributed by atoms with Gasteiger partial charge in [-0.15, -0.1) is 11.3 Å². The summed E-state index contributed by atoms with van der Waals surface area (Å²) in [5, 5.41) is 4.54. The van der Waals surface area contributed by atoms with E-state index in [1.165, 1.54) is 11.3 Å². The highest BCUT2D eigenvalue weighted by molar-refractivity contribution is 9.10. The monoisotopic (exact) mass is 367 g/mol. The van der Waals surface area contributed by atoms with Crippen LogP contribution in [0.5, 0.6) is 0 Å². The Morgan fingerprint density at radius 1 is 1.33 bits per heavy atom. The molecule has 0 aliphatic carbocycles. The van der Waals surface area contributed by atoms with Crippen LogP contribution >= 0.6 is 27.3 Å². The molecule has 0 unspecified atom stereocenters. The number of rotatable bonds is 5. The molecular weight excluding hydrogens is 354 g/mol. The summed E-state index contributed by atoms with van der Waals surface area (Å²) in [7, 11) is 0. The zero-order chi connectivity index (χ0) is 15.2. The Balaban J connectivity index is 1.92. The second kappa shape index (κ2) is 7.38. The number of benzene rings is 1. The molecule has 0 aliphatic rings. The SMILES string of the molecule is CCc1cc(Br)ccc1NC(=O)COC(=O)c1cccs1. The third kappa shape index (κ3) is 4.41. The van der Waals surface area contributed by atoms with Crippen LogP contribution in [0.1, 0.15) is 22.2 Å². The molecule has 1 aromatic carbocycles. The van der Waals surface area contributed by atoms with Crippen molar-refractivity contribution >= 4 is 44.8 Å². The Morgan fingerprint density at radius 3 is 2.81 bits per heavy atom. The number of esters is 1. The van der Waals surface area contributed by atoms with Crippen molar-refractivity contribution in [2.75, 3.05) is 11.9 Å². The van der Waals surface area contributed by atoms with Crippen LogP contribution in [0, 0.1) is 0 Å². The molecule has 0 saturated carbocycles. The van der Waals surface area contributed by atoms with Gasteiger partial charge < -0.3 is 10.1 Å². The van der Waals surface area contributed by atoms with Gasteiger partial charge in [0, 0.05) is 10.2 Å². The molecule has 1 aromatic heterocycles. The van der Waals surface area contributed by atoms with Crippen LogP contribution in [-0.2, 0) is 16.0 Å². The highest BCUT2D eigenvalue weighted by Gasteiger charge is 2.12. The summed E-state index contributed by atoms with van der Waals surface area (Å²) >= 11 is 4.68. The molecule has 6 heteroatoms. The lowest BCUT2D eigenvalue weighted by atomic mass is 10.1. The molecule has 110 valence electrons. The van der Waals surface area contributed by atoms with Gasteiger partial charge in [0.25, 0.3) is 5.91 Å². The average Bonchev–Trinajstić information content (AvgIpc) is 3.01. The highest BCUT2D eigenvalue weighted by atomic mass is 79.9. The van der Waals surface area contributed by atoms with Gasteiger partial charge in [-0.05, 0) is 41.6 Å². The molecule has 0 radical (unpaired) electrons. The van der Waals surface area contributed by atoms with Crippen molar-refractivity contribution < 1.29 is 14.3 Å². The van der Waals surface area contributed by atoms with E-state index in [9.17, 15) is 9.59 Å². The first-order chi connectivity index (χ1) is 10.1. The van der Waals surface area contributed by atoms with Crippen molar-refractivity contribution in [3.63, 3.8) is 0 Å². The lowest BCUT2D eigenvalue weighted by molar-refractivity contribution is -0.119. The second-order valence-electron chi connectivity index (χ2n) is 4.26. The predicted octanol–water partition coefficient (Wildman–Crippen LogP) is 3.87. The van der Waals surface area contributed by atoms with Gasteiger partial charge in [-0.2, -0.15) is 0 Å². The summed E-state index contributed by atoms with van der Waals surface area (Å²) in [6.07, 6.45) is 0.796. The van der Waals surface area contributed by atoms with Crippen LogP contribution < -0.4 is 5.32 Å². The van der Waals surface area contributed by atoms with Gasteiger partial charge in [-0.3, -0.25) is 4.79 Å². The smallest absolute Gasteiger partial charge is 0.348 e. The van der Waals surface area contributed by atoms with Gasteiger partial charge in [0.15, 0.2) is 6.61 Å². The summed E-state index contributed by atoms with van der Waals surface area (Å²) in [4.78, 5) is 24.0. The van der Waals surface area contributed by atoms with E-state index in [-0.39, 0.29) is 12.5 Å². The molecule has 21 heavy (non-hydrogen) atoms. The maximum Gasteiger partial charge on any atom is 0.348 e. The first-order valence-electron chi connectivity index (χ1n) is 6.39. The standard InChI is InChI=1S/C15H14BrNO3S/c1-2-10-8-11(16)5-6-12(10)17-14(18)9-20-15(19)13-4-3-7-21-13/h3-8H,2,9H2,1H3,(H,17,18). The van der Waals surface area contributed by atoms with Gasteiger partial charge in [0.2, 0.25) is 0 Å². The van der Waals surface area contributed by atoms with Crippen LogP contribution in [0.4, 0.5) is 5.69 Å². The number of halogens is 1. The van der Waals surface area contributed by atoms with Gasteiger partial charge in [0.1, 0.15) is 4.88 Å². The second-order valence-corrected chi connectivity index (χ2v) is 6.12. The van der Waals surface area contributed by atoms with E-state index in [0.29, 0.717) is 4.88 Å². The fourth-order valence-electron chi connectivity index (χ4n) is 1.76. The summed E-state index contributed by atoms with van der Waals surface area (Å²) in [6.45, 7) is 1.71. The molecule has 0 aliphatic heterocycles. The summed E-state index contributed by atoms with van der Waals surface area (Å²) < 4.78 is 5.93. The molecule has 2 aromatic rings. The van der Waals surface area contributed by atoms with Crippen molar-refractivity contribution in [1.82, 2.24) is 0 Å². The number of carbonyl (C=O) groups excluding carboxylic acids is 2. The summed E-state index contributed by atoms with van der Waals surface area (Å²) in [5.74, 6) is -0.830. The van der Waals surface area contributed by atoms with Gasteiger partial charge in [0.05, 0.1) is 0 Å². The number of carbonyl (C=O) groups is 2. The van der Waals surface area contributed by atoms with E-state index in [2.05, 4.69) is 21.2 Å². The zero-order valence-electron chi connectivity index (χ0n) is 11.4. The number of thiophene rings is 1.